The van der Waals surface area contributed by atoms with Crippen LogP contribution in [0.15, 0.2) is 0 Å². The molecule has 1 fully saturated rings. The minimum atomic E-state index is -1.01. The number of aliphatic carboxylic acids is 1. The number of carboxylic acid groups (broad SMARTS) is 1. The molecule has 12 heavy (non-hydrogen) atoms. The van der Waals surface area contributed by atoms with E-state index in [9.17, 15) is 9.59 Å². The summed E-state index contributed by atoms with van der Waals surface area (Å²) in [5.74, 6) is 0.218. The van der Waals surface area contributed by atoms with Crippen LogP contribution < -0.4 is 5.32 Å². The molecule has 0 radical (unpaired) electrons. The van der Waals surface area contributed by atoms with Gasteiger partial charge in [-0.1, -0.05) is 0 Å². The maximum absolute atomic E-state index is 10.6. The molecule has 0 aromatic heterocycles. The van der Waals surface area contributed by atoms with Gasteiger partial charge in [0.15, 0.2) is 0 Å². The molecule has 1 unspecified atom stereocenters. The third kappa shape index (κ3) is 1.99. The Morgan fingerprint density at radius 1 is 1.58 bits per heavy atom. The van der Waals surface area contributed by atoms with Gasteiger partial charge in [-0.2, -0.15) is 0 Å². The lowest BCUT2D eigenvalue weighted by Gasteiger charge is -2.10. The Balaban J connectivity index is 2.50. The summed E-state index contributed by atoms with van der Waals surface area (Å²) in [5.41, 5.74) is 0. The maximum atomic E-state index is 10.6. The molecule has 4 nitrogen and oxygen atoms in total. The second kappa shape index (κ2) is 3.26. The summed E-state index contributed by atoms with van der Waals surface area (Å²) in [4.78, 5) is 21.2. The molecule has 64 valence electrons. The predicted octanol–water partition coefficient (Wildman–Crippen LogP) is -0.401. The van der Waals surface area contributed by atoms with Crippen molar-refractivity contribution >= 4 is 11.9 Å². The molecule has 0 heterocycles. The molecule has 0 aliphatic heterocycles. The van der Waals surface area contributed by atoms with Gasteiger partial charge in [0.25, 0.3) is 5.91 Å². The van der Waals surface area contributed by atoms with Gasteiger partial charge in [-0.3, -0.25) is 4.79 Å². The molecular weight excluding hydrogens is 158 g/mol. The second-order valence-electron chi connectivity index (χ2n) is 2.77. The fourth-order valence-electron chi connectivity index (χ4n) is 0.994. The van der Waals surface area contributed by atoms with Crippen LogP contribution in [0.5, 0.6) is 0 Å². The van der Waals surface area contributed by atoms with Crippen molar-refractivity contribution in [3.05, 3.63) is 0 Å². The first-order valence-electron chi connectivity index (χ1n) is 3.65. The molecule has 1 aliphatic rings. The Morgan fingerprint density at radius 2 is 2.17 bits per heavy atom. The average molecular weight is 167 g/mol. The number of rotatable bonds is 3. The largest absolute Gasteiger partial charge is 0.480 e. The first kappa shape index (κ1) is 8.60. The van der Waals surface area contributed by atoms with Gasteiger partial charge in [0.05, 0.1) is 0 Å². The number of carbonyl (C=O) groups is 2. The van der Waals surface area contributed by atoms with Crippen molar-refractivity contribution in [1.82, 2.24) is 5.32 Å². The van der Waals surface area contributed by atoms with Crippen molar-refractivity contribution < 1.29 is 14.7 Å². The van der Waals surface area contributed by atoms with E-state index in [-0.39, 0.29) is 5.92 Å². The van der Waals surface area contributed by atoms with Gasteiger partial charge >= 0.3 is 5.97 Å². The Hall–Kier alpha value is -1.50. The summed E-state index contributed by atoms with van der Waals surface area (Å²) in [5, 5.41) is 10.9. The first-order valence-corrected chi connectivity index (χ1v) is 3.65. The van der Waals surface area contributed by atoms with Gasteiger partial charge in [-0.25, -0.2) is 4.79 Å². The molecule has 0 aromatic rings. The van der Waals surface area contributed by atoms with Crippen LogP contribution in [0, 0.1) is 18.3 Å². The van der Waals surface area contributed by atoms with E-state index >= 15 is 0 Å². The summed E-state index contributed by atoms with van der Waals surface area (Å²) < 4.78 is 0. The van der Waals surface area contributed by atoms with Crippen molar-refractivity contribution in [1.29, 1.82) is 0 Å². The Labute approximate surface area is 70.0 Å². The number of amides is 1. The summed E-state index contributed by atoms with van der Waals surface area (Å²) in [6.07, 6.45) is 6.48. The van der Waals surface area contributed by atoms with Gasteiger partial charge in [0, 0.05) is 0 Å². The minimum absolute atomic E-state index is 0.0693. The molecule has 1 amide bonds. The standard InChI is InChI=1S/C8H9NO3/c1-2-6(10)9-7(8(11)12)5-3-4-5/h1,5,7H,3-4H2,(H,9,10)(H,11,12). The van der Waals surface area contributed by atoms with Gasteiger partial charge in [0.1, 0.15) is 6.04 Å². The van der Waals surface area contributed by atoms with Gasteiger partial charge in [0.2, 0.25) is 0 Å². The smallest absolute Gasteiger partial charge is 0.326 e. The van der Waals surface area contributed by atoms with Crippen LogP contribution in [0.1, 0.15) is 12.8 Å². The predicted molar refractivity (Wildman–Crippen MR) is 41.1 cm³/mol. The number of carbonyl (C=O) groups excluding carboxylic acids is 1. The van der Waals surface area contributed by atoms with Crippen molar-refractivity contribution in [3.63, 3.8) is 0 Å². The average Bonchev–Trinajstić information content (AvgIpc) is 2.81. The van der Waals surface area contributed by atoms with Crippen molar-refractivity contribution in [3.8, 4) is 12.3 Å². The van der Waals surface area contributed by atoms with Crippen molar-refractivity contribution in [2.24, 2.45) is 5.92 Å². The molecular formula is C8H9NO3. The van der Waals surface area contributed by atoms with E-state index in [1.54, 1.807) is 0 Å². The molecule has 0 bridgehead atoms. The molecule has 4 heteroatoms. The molecule has 1 aliphatic carbocycles. The highest BCUT2D eigenvalue weighted by molar-refractivity contribution is 5.95. The lowest BCUT2D eigenvalue weighted by atomic mass is 10.2. The zero-order valence-corrected chi connectivity index (χ0v) is 6.41. The van der Waals surface area contributed by atoms with E-state index < -0.39 is 17.9 Å². The van der Waals surface area contributed by atoms with E-state index in [4.69, 9.17) is 11.5 Å². The quantitative estimate of drug-likeness (QED) is 0.562. The van der Waals surface area contributed by atoms with Gasteiger partial charge in [-0.15, -0.1) is 6.42 Å². The third-order valence-corrected chi connectivity index (χ3v) is 1.78. The van der Waals surface area contributed by atoms with Crippen LogP contribution in [0.3, 0.4) is 0 Å². The van der Waals surface area contributed by atoms with E-state index in [0.29, 0.717) is 0 Å². The summed E-state index contributed by atoms with van der Waals surface area (Å²) in [6.45, 7) is 0. The Bertz CT molecular complexity index is 250. The Morgan fingerprint density at radius 3 is 2.50 bits per heavy atom. The second-order valence-corrected chi connectivity index (χ2v) is 2.77. The first-order chi connectivity index (χ1) is 5.65. The summed E-state index contributed by atoms with van der Waals surface area (Å²) >= 11 is 0. The highest BCUT2D eigenvalue weighted by Crippen LogP contribution is 2.32. The highest BCUT2D eigenvalue weighted by Gasteiger charge is 2.36. The van der Waals surface area contributed by atoms with Crippen LogP contribution >= 0.6 is 0 Å². The monoisotopic (exact) mass is 167 g/mol. The molecule has 1 saturated carbocycles. The lowest BCUT2D eigenvalue weighted by Crippen LogP contribution is -2.41. The number of nitrogens with one attached hydrogen (secondary N) is 1. The van der Waals surface area contributed by atoms with E-state index in [1.807, 2.05) is 5.92 Å². The van der Waals surface area contributed by atoms with Crippen molar-refractivity contribution in [2.75, 3.05) is 0 Å². The van der Waals surface area contributed by atoms with Crippen LogP contribution in [0.4, 0.5) is 0 Å². The zero-order chi connectivity index (χ0) is 9.14. The fraction of sp³-hybridized carbons (Fsp3) is 0.500. The minimum Gasteiger partial charge on any atom is -0.480 e. The molecule has 1 atom stereocenters. The van der Waals surface area contributed by atoms with Crippen LogP contribution in [-0.4, -0.2) is 23.0 Å². The molecule has 2 N–H and O–H groups in total. The van der Waals surface area contributed by atoms with Crippen molar-refractivity contribution in [2.45, 2.75) is 18.9 Å². The summed E-state index contributed by atoms with van der Waals surface area (Å²) in [6, 6.07) is -0.798. The number of hydrogen-bond donors (Lipinski definition) is 2. The zero-order valence-electron chi connectivity index (χ0n) is 6.41. The SMILES string of the molecule is C#CC(=O)NC(C(=O)O)C1CC1. The van der Waals surface area contributed by atoms with Gasteiger partial charge in [-0.05, 0) is 24.7 Å². The number of carboxylic acids is 1. The third-order valence-electron chi connectivity index (χ3n) is 1.78. The van der Waals surface area contributed by atoms with E-state index in [0.717, 1.165) is 12.8 Å². The maximum Gasteiger partial charge on any atom is 0.326 e. The van der Waals surface area contributed by atoms with Gasteiger partial charge < -0.3 is 10.4 Å². The fourth-order valence-corrected chi connectivity index (χ4v) is 0.994. The molecule has 0 aromatic carbocycles. The lowest BCUT2D eigenvalue weighted by molar-refractivity contribution is -0.141. The number of terminal acetylenes is 1. The van der Waals surface area contributed by atoms with E-state index in [1.165, 1.54) is 0 Å². The van der Waals surface area contributed by atoms with E-state index in [2.05, 4.69) is 5.32 Å². The van der Waals surface area contributed by atoms with Crippen LogP contribution in [0.25, 0.3) is 0 Å². The normalized spacial score (nSPS) is 17.6. The topological polar surface area (TPSA) is 66.4 Å². The summed E-state index contributed by atoms with van der Waals surface area (Å²) in [7, 11) is 0. The highest BCUT2D eigenvalue weighted by atomic mass is 16.4. The van der Waals surface area contributed by atoms with Crippen LogP contribution in [0.2, 0.25) is 0 Å². The molecule has 1 rings (SSSR count). The van der Waals surface area contributed by atoms with Crippen LogP contribution in [-0.2, 0) is 9.59 Å². The molecule has 0 saturated heterocycles. The molecule has 0 spiro atoms. The number of hydrogen-bond acceptors (Lipinski definition) is 2. The Kier molecular flexibility index (Phi) is 2.34.